The fourth-order valence-electron chi connectivity index (χ4n) is 1.30. The molecule has 0 saturated heterocycles. The smallest absolute Gasteiger partial charge is 0.363 e. The number of anilines is 1. The van der Waals surface area contributed by atoms with Gasteiger partial charge in [-0.05, 0) is 19.1 Å². The summed E-state index contributed by atoms with van der Waals surface area (Å²) in [7, 11) is 0. The van der Waals surface area contributed by atoms with E-state index >= 15 is 0 Å². The summed E-state index contributed by atoms with van der Waals surface area (Å²) in [5.41, 5.74) is 2.84. The van der Waals surface area contributed by atoms with Crippen molar-refractivity contribution < 1.29 is 10.2 Å². The van der Waals surface area contributed by atoms with Gasteiger partial charge in [0.25, 0.3) is 0 Å². The van der Waals surface area contributed by atoms with E-state index in [1.165, 1.54) is 24.4 Å². The number of phenolic OH excluding ortho intramolecular Hbond substituents is 2. The number of rotatable bonds is 3. The van der Waals surface area contributed by atoms with E-state index in [2.05, 4.69) is 25.7 Å². The third kappa shape index (κ3) is 3.06. The van der Waals surface area contributed by atoms with Gasteiger partial charge in [-0.3, -0.25) is 5.43 Å². The highest BCUT2D eigenvalue weighted by Crippen LogP contribution is 2.20. The first kappa shape index (κ1) is 12.6. The minimum Gasteiger partial charge on any atom is -0.508 e. The quantitative estimate of drug-likeness (QED) is 0.466. The SMILES string of the molecule is Cc1n[nH]c(=O)nc1N/N=C/c1ccc(O)cc1O. The zero-order valence-corrected chi connectivity index (χ0v) is 9.95. The van der Waals surface area contributed by atoms with Gasteiger partial charge in [-0.2, -0.15) is 15.2 Å². The van der Waals surface area contributed by atoms with Gasteiger partial charge in [0, 0.05) is 11.6 Å². The third-order valence-corrected chi connectivity index (χ3v) is 2.26. The van der Waals surface area contributed by atoms with Gasteiger partial charge in [0.05, 0.1) is 6.21 Å². The molecule has 1 aromatic carbocycles. The number of hydrogen-bond donors (Lipinski definition) is 4. The lowest BCUT2D eigenvalue weighted by Gasteiger charge is -2.01. The Morgan fingerprint density at radius 2 is 2.21 bits per heavy atom. The predicted molar refractivity (Wildman–Crippen MR) is 68.4 cm³/mol. The number of aromatic nitrogens is 3. The van der Waals surface area contributed by atoms with Crippen molar-refractivity contribution in [3.63, 3.8) is 0 Å². The highest BCUT2D eigenvalue weighted by molar-refractivity contribution is 5.84. The van der Waals surface area contributed by atoms with Crippen molar-refractivity contribution in [1.29, 1.82) is 0 Å². The summed E-state index contributed by atoms with van der Waals surface area (Å²) in [5.74, 6) is 0.0662. The number of nitrogens with zero attached hydrogens (tertiary/aromatic N) is 3. The summed E-state index contributed by atoms with van der Waals surface area (Å²) in [6, 6.07) is 4.10. The molecular weight excluding hydrogens is 250 g/mol. The van der Waals surface area contributed by atoms with Crippen molar-refractivity contribution >= 4 is 12.0 Å². The van der Waals surface area contributed by atoms with E-state index < -0.39 is 5.69 Å². The van der Waals surface area contributed by atoms with Crippen LogP contribution in [0.5, 0.6) is 11.5 Å². The Balaban J connectivity index is 2.15. The average Bonchev–Trinajstić information content (AvgIpc) is 2.36. The van der Waals surface area contributed by atoms with Crippen molar-refractivity contribution in [3.05, 3.63) is 39.9 Å². The first-order valence-electron chi connectivity index (χ1n) is 5.30. The van der Waals surface area contributed by atoms with E-state index in [4.69, 9.17) is 5.11 Å². The van der Waals surface area contributed by atoms with Gasteiger partial charge in [-0.15, -0.1) is 0 Å². The standard InChI is InChI=1S/C11H11N5O3/c1-6-10(13-11(19)16-14-6)15-12-5-7-2-3-8(17)4-9(7)18/h2-5,17-18H,1H3,(H2,13,15,16,19)/b12-5+. The van der Waals surface area contributed by atoms with Crippen molar-refractivity contribution in [3.8, 4) is 11.5 Å². The molecule has 0 spiro atoms. The normalized spacial score (nSPS) is 10.8. The van der Waals surface area contributed by atoms with Crippen LogP contribution >= 0.6 is 0 Å². The molecular formula is C11H11N5O3. The molecule has 0 aliphatic heterocycles. The molecule has 98 valence electrons. The Labute approximate surface area is 107 Å². The summed E-state index contributed by atoms with van der Waals surface area (Å²) < 4.78 is 0. The van der Waals surface area contributed by atoms with Crippen LogP contribution in [0.25, 0.3) is 0 Å². The molecule has 0 aliphatic carbocycles. The van der Waals surface area contributed by atoms with Gasteiger partial charge in [0.1, 0.15) is 17.2 Å². The molecule has 19 heavy (non-hydrogen) atoms. The lowest BCUT2D eigenvalue weighted by Crippen LogP contribution is -2.15. The van der Waals surface area contributed by atoms with Gasteiger partial charge >= 0.3 is 5.69 Å². The monoisotopic (exact) mass is 261 g/mol. The van der Waals surface area contributed by atoms with Crippen LogP contribution in [-0.2, 0) is 0 Å². The number of nitrogens with one attached hydrogen (secondary N) is 2. The second kappa shape index (κ2) is 5.17. The molecule has 2 rings (SSSR count). The second-order valence-corrected chi connectivity index (χ2v) is 3.69. The van der Waals surface area contributed by atoms with Crippen LogP contribution in [0, 0.1) is 6.92 Å². The maximum atomic E-state index is 11.0. The van der Waals surface area contributed by atoms with Crippen LogP contribution in [0.1, 0.15) is 11.3 Å². The molecule has 2 aromatic rings. The van der Waals surface area contributed by atoms with E-state index in [-0.39, 0.29) is 17.3 Å². The zero-order valence-electron chi connectivity index (χ0n) is 9.95. The van der Waals surface area contributed by atoms with Crippen LogP contribution < -0.4 is 11.1 Å². The van der Waals surface area contributed by atoms with Crippen LogP contribution in [0.4, 0.5) is 5.82 Å². The number of hydrazone groups is 1. The number of benzene rings is 1. The van der Waals surface area contributed by atoms with Gasteiger partial charge in [-0.1, -0.05) is 0 Å². The van der Waals surface area contributed by atoms with E-state index in [1.54, 1.807) is 6.92 Å². The Kier molecular flexibility index (Phi) is 3.42. The fourth-order valence-corrected chi connectivity index (χ4v) is 1.30. The zero-order chi connectivity index (χ0) is 13.8. The number of aromatic amines is 1. The highest BCUT2D eigenvalue weighted by Gasteiger charge is 2.01. The van der Waals surface area contributed by atoms with Crippen molar-refractivity contribution in [1.82, 2.24) is 15.2 Å². The molecule has 0 bridgehead atoms. The molecule has 8 heteroatoms. The lowest BCUT2D eigenvalue weighted by atomic mass is 10.2. The second-order valence-electron chi connectivity index (χ2n) is 3.69. The van der Waals surface area contributed by atoms with Crippen LogP contribution in [0.3, 0.4) is 0 Å². The lowest BCUT2D eigenvalue weighted by molar-refractivity contribution is 0.450. The number of aromatic hydroxyl groups is 2. The van der Waals surface area contributed by atoms with Gasteiger partial charge in [-0.25, -0.2) is 9.89 Å². The molecule has 0 aliphatic rings. The molecule has 0 atom stereocenters. The highest BCUT2D eigenvalue weighted by atomic mass is 16.3. The number of hydrogen-bond acceptors (Lipinski definition) is 7. The number of H-pyrrole nitrogens is 1. The Morgan fingerprint density at radius 1 is 1.42 bits per heavy atom. The molecule has 4 N–H and O–H groups in total. The summed E-state index contributed by atoms with van der Waals surface area (Å²) in [6.45, 7) is 1.65. The van der Waals surface area contributed by atoms with Crippen molar-refractivity contribution in [2.75, 3.05) is 5.43 Å². The van der Waals surface area contributed by atoms with Crippen LogP contribution in [0.15, 0.2) is 28.1 Å². The topological polar surface area (TPSA) is 123 Å². The van der Waals surface area contributed by atoms with E-state index in [1.807, 2.05) is 0 Å². The summed E-state index contributed by atoms with van der Waals surface area (Å²) >= 11 is 0. The molecule has 1 aromatic heterocycles. The minimum absolute atomic E-state index is 0.0427. The molecule has 0 fully saturated rings. The maximum absolute atomic E-state index is 11.0. The van der Waals surface area contributed by atoms with Crippen LogP contribution in [-0.4, -0.2) is 31.6 Å². The molecule has 1 heterocycles. The van der Waals surface area contributed by atoms with Gasteiger partial charge < -0.3 is 10.2 Å². The van der Waals surface area contributed by atoms with Crippen molar-refractivity contribution in [2.45, 2.75) is 6.92 Å². The van der Waals surface area contributed by atoms with E-state index in [0.717, 1.165) is 0 Å². The van der Waals surface area contributed by atoms with Crippen molar-refractivity contribution in [2.24, 2.45) is 5.10 Å². The molecule has 0 saturated carbocycles. The van der Waals surface area contributed by atoms with E-state index in [9.17, 15) is 9.90 Å². The Hall–Kier alpha value is -2.90. The van der Waals surface area contributed by atoms with E-state index in [0.29, 0.717) is 11.3 Å². The van der Waals surface area contributed by atoms with Gasteiger partial charge in [0.15, 0.2) is 5.82 Å². The van der Waals surface area contributed by atoms with Crippen LogP contribution in [0.2, 0.25) is 0 Å². The third-order valence-electron chi connectivity index (χ3n) is 2.26. The minimum atomic E-state index is -0.587. The Bertz CT molecular complexity index is 680. The fraction of sp³-hybridized carbons (Fsp3) is 0.0909. The van der Waals surface area contributed by atoms with Gasteiger partial charge in [0.2, 0.25) is 0 Å². The summed E-state index contributed by atoms with van der Waals surface area (Å²) in [5, 5.41) is 28.4. The average molecular weight is 261 g/mol. The first-order valence-corrected chi connectivity index (χ1v) is 5.30. The largest absolute Gasteiger partial charge is 0.508 e. The molecule has 0 radical (unpaired) electrons. The first-order chi connectivity index (χ1) is 9.06. The summed E-state index contributed by atoms with van der Waals surface area (Å²) in [6.07, 6.45) is 1.33. The number of phenols is 2. The summed E-state index contributed by atoms with van der Waals surface area (Å²) in [4.78, 5) is 14.6. The maximum Gasteiger partial charge on any atom is 0.363 e. The predicted octanol–water partition coefficient (Wildman–Crippen LogP) is 0.331. The Morgan fingerprint density at radius 3 is 2.95 bits per heavy atom. The molecule has 0 amide bonds. The molecule has 0 unspecified atom stereocenters. The number of aryl methyl sites for hydroxylation is 1. The molecule has 8 nitrogen and oxygen atoms in total.